The van der Waals surface area contributed by atoms with Gasteiger partial charge in [0.15, 0.2) is 6.61 Å². The molecule has 0 spiro atoms. The number of ether oxygens (including phenoxy) is 1. The Balaban J connectivity index is 1.47. The number of hydrogen-bond acceptors (Lipinski definition) is 3. The highest BCUT2D eigenvalue weighted by atomic mass is 16.5. The molecule has 0 unspecified atom stereocenters. The van der Waals surface area contributed by atoms with Gasteiger partial charge in [0.2, 0.25) is 5.91 Å². The number of carbonyl (C=O) groups is 2. The Labute approximate surface area is 144 Å². The third-order valence-electron chi connectivity index (χ3n) is 4.08. The summed E-state index contributed by atoms with van der Waals surface area (Å²) in [6, 6.07) is 19.3. The number of anilines is 2. The van der Waals surface area contributed by atoms with E-state index in [4.69, 9.17) is 4.74 Å². The summed E-state index contributed by atoms with van der Waals surface area (Å²) in [5, 5.41) is 7.86. The second-order valence-electron chi connectivity index (χ2n) is 5.95. The zero-order chi connectivity index (χ0) is 17.2. The van der Waals surface area contributed by atoms with E-state index >= 15 is 0 Å². The van der Waals surface area contributed by atoms with Crippen LogP contribution >= 0.6 is 0 Å². The molecule has 1 aliphatic heterocycles. The van der Waals surface area contributed by atoms with Crippen LogP contribution in [0.25, 0.3) is 10.8 Å². The molecule has 0 atom stereocenters. The molecule has 2 amide bonds. The molecule has 0 aliphatic carbocycles. The fourth-order valence-electron chi connectivity index (χ4n) is 2.89. The number of benzene rings is 3. The van der Waals surface area contributed by atoms with Gasteiger partial charge in [0.25, 0.3) is 5.91 Å². The van der Waals surface area contributed by atoms with E-state index in [0.29, 0.717) is 23.5 Å². The second-order valence-corrected chi connectivity index (χ2v) is 5.95. The molecule has 25 heavy (non-hydrogen) atoms. The van der Waals surface area contributed by atoms with Gasteiger partial charge in [-0.25, -0.2) is 0 Å². The minimum absolute atomic E-state index is 0.0124. The Morgan fingerprint density at radius 3 is 2.76 bits per heavy atom. The number of fused-ring (bicyclic) bond motifs is 2. The molecule has 0 saturated heterocycles. The lowest BCUT2D eigenvalue weighted by Crippen LogP contribution is -2.25. The van der Waals surface area contributed by atoms with Crippen LogP contribution in [0.3, 0.4) is 0 Å². The lowest BCUT2D eigenvalue weighted by molar-refractivity contribution is -0.118. The monoisotopic (exact) mass is 332 g/mol. The van der Waals surface area contributed by atoms with Crippen molar-refractivity contribution in [1.29, 1.82) is 0 Å². The normalized spacial score (nSPS) is 12.9. The standard InChI is InChI=1S/C20H16N2O3/c23-19(10-13-5-6-14-3-1-2-4-15(14)9-13)21-16-7-8-17-18(11-16)25-12-20(24)22-17/h1-9,11H,10,12H2,(H,21,23)(H,22,24). The Bertz CT molecular complexity index is 982. The van der Waals surface area contributed by atoms with Crippen molar-refractivity contribution in [3.05, 3.63) is 66.2 Å². The lowest BCUT2D eigenvalue weighted by Gasteiger charge is -2.18. The molecule has 2 N–H and O–H groups in total. The van der Waals surface area contributed by atoms with Crippen LogP contribution in [0.5, 0.6) is 5.75 Å². The van der Waals surface area contributed by atoms with E-state index in [1.54, 1.807) is 18.2 Å². The van der Waals surface area contributed by atoms with Crippen LogP contribution in [-0.4, -0.2) is 18.4 Å². The molecular weight excluding hydrogens is 316 g/mol. The SMILES string of the molecule is O=C(Cc1ccc2ccccc2c1)Nc1ccc2c(c1)OCC(=O)N2. The maximum atomic E-state index is 12.3. The largest absolute Gasteiger partial charge is 0.482 e. The molecule has 0 fully saturated rings. The third-order valence-corrected chi connectivity index (χ3v) is 4.08. The Morgan fingerprint density at radius 2 is 1.88 bits per heavy atom. The Morgan fingerprint density at radius 1 is 1.04 bits per heavy atom. The van der Waals surface area contributed by atoms with E-state index in [1.807, 2.05) is 42.5 Å². The highest BCUT2D eigenvalue weighted by Gasteiger charge is 2.16. The third kappa shape index (κ3) is 3.30. The fourth-order valence-corrected chi connectivity index (χ4v) is 2.89. The van der Waals surface area contributed by atoms with Crippen molar-refractivity contribution in [2.45, 2.75) is 6.42 Å². The highest BCUT2D eigenvalue weighted by molar-refractivity contribution is 5.97. The fraction of sp³-hybridized carbons (Fsp3) is 0.100. The Hall–Kier alpha value is -3.34. The van der Waals surface area contributed by atoms with Gasteiger partial charge in [0.05, 0.1) is 12.1 Å². The van der Waals surface area contributed by atoms with Crippen LogP contribution in [0.2, 0.25) is 0 Å². The first-order chi connectivity index (χ1) is 12.2. The summed E-state index contributed by atoms with van der Waals surface area (Å²) in [6.07, 6.45) is 0.291. The first-order valence-corrected chi connectivity index (χ1v) is 8.02. The van der Waals surface area contributed by atoms with Gasteiger partial charge in [-0.05, 0) is 28.5 Å². The molecule has 3 aromatic rings. The minimum Gasteiger partial charge on any atom is -0.482 e. The zero-order valence-corrected chi connectivity index (χ0v) is 13.4. The molecule has 1 aliphatic rings. The van der Waals surface area contributed by atoms with Crippen molar-refractivity contribution in [2.75, 3.05) is 17.2 Å². The number of rotatable bonds is 3. The van der Waals surface area contributed by atoms with Crippen LogP contribution in [0, 0.1) is 0 Å². The summed E-state index contributed by atoms with van der Waals surface area (Å²) in [7, 11) is 0. The zero-order valence-electron chi connectivity index (χ0n) is 13.4. The topological polar surface area (TPSA) is 67.4 Å². The average Bonchev–Trinajstić information content (AvgIpc) is 2.61. The maximum Gasteiger partial charge on any atom is 0.262 e. The van der Waals surface area contributed by atoms with Crippen molar-refractivity contribution in [3.63, 3.8) is 0 Å². The summed E-state index contributed by atoms with van der Waals surface area (Å²) in [4.78, 5) is 23.6. The van der Waals surface area contributed by atoms with Gasteiger partial charge >= 0.3 is 0 Å². The predicted octanol–water partition coefficient (Wildman–Crippen LogP) is 3.35. The molecule has 0 radical (unpaired) electrons. The summed E-state index contributed by atoms with van der Waals surface area (Å²) >= 11 is 0. The number of carbonyl (C=O) groups excluding carboxylic acids is 2. The molecule has 0 bridgehead atoms. The van der Waals surface area contributed by atoms with Crippen LogP contribution in [0.15, 0.2) is 60.7 Å². The van der Waals surface area contributed by atoms with Gasteiger partial charge in [-0.3, -0.25) is 9.59 Å². The molecule has 5 nitrogen and oxygen atoms in total. The molecule has 1 heterocycles. The van der Waals surface area contributed by atoms with Gasteiger partial charge in [-0.2, -0.15) is 0 Å². The Kier molecular flexibility index (Phi) is 3.82. The number of nitrogens with one attached hydrogen (secondary N) is 2. The van der Waals surface area contributed by atoms with E-state index in [9.17, 15) is 9.59 Å². The van der Waals surface area contributed by atoms with Crippen LogP contribution < -0.4 is 15.4 Å². The average molecular weight is 332 g/mol. The van der Waals surface area contributed by atoms with Crippen molar-refractivity contribution in [1.82, 2.24) is 0 Å². The van der Waals surface area contributed by atoms with E-state index in [0.717, 1.165) is 16.3 Å². The predicted molar refractivity (Wildman–Crippen MR) is 96.8 cm³/mol. The van der Waals surface area contributed by atoms with Gasteiger partial charge in [-0.15, -0.1) is 0 Å². The van der Waals surface area contributed by atoms with Crippen LogP contribution in [0.1, 0.15) is 5.56 Å². The van der Waals surface area contributed by atoms with Gasteiger partial charge < -0.3 is 15.4 Å². The summed E-state index contributed by atoms with van der Waals surface area (Å²) < 4.78 is 5.36. The van der Waals surface area contributed by atoms with Gasteiger partial charge in [0.1, 0.15) is 5.75 Å². The molecule has 124 valence electrons. The second kappa shape index (κ2) is 6.28. The number of amides is 2. The van der Waals surface area contributed by atoms with E-state index < -0.39 is 0 Å². The molecule has 3 aromatic carbocycles. The first-order valence-electron chi connectivity index (χ1n) is 8.02. The molecule has 0 aromatic heterocycles. The van der Waals surface area contributed by atoms with Crippen molar-refractivity contribution in [3.8, 4) is 5.75 Å². The summed E-state index contributed by atoms with van der Waals surface area (Å²) in [5.74, 6) is 0.277. The van der Waals surface area contributed by atoms with Gasteiger partial charge in [-0.1, -0.05) is 42.5 Å². The quantitative estimate of drug-likeness (QED) is 0.773. The van der Waals surface area contributed by atoms with E-state index in [2.05, 4.69) is 10.6 Å². The lowest BCUT2D eigenvalue weighted by atomic mass is 10.0. The van der Waals surface area contributed by atoms with Crippen LogP contribution in [0.4, 0.5) is 11.4 Å². The van der Waals surface area contributed by atoms with Crippen molar-refractivity contribution in [2.24, 2.45) is 0 Å². The smallest absolute Gasteiger partial charge is 0.262 e. The molecule has 5 heteroatoms. The first kappa shape index (κ1) is 15.2. The maximum absolute atomic E-state index is 12.3. The van der Waals surface area contributed by atoms with Gasteiger partial charge in [0, 0.05) is 11.8 Å². The number of hydrogen-bond donors (Lipinski definition) is 2. The summed E-state index contributed by atoms with van der Waals surface area (Å²) in [5.41, 5.74) is 2.21. The minimum atomic E-state index is -0.180. The highest BCUT2D eigenvalue weighted by Crippen LogP contribution is 2.30. The summed E-state index contributed by atoms with van der Waals surface area (Å²) in [6.45, 7) is -0.0124. The van der Waals surface area contributed by atoms with E-state index in [1.165, 1.54) is 0 Å². The molecule has 0 saturated carbocycles. The molecular formula is C20H16N2O3. The van der Waals surface area contributed by atoms with E-state index in [-0.39, 0.29) is 18.4 Å². The van der Waals surface area contributed by atoms with Crippen molar-refractivity contribution >= 4 is 34.0 Å². The van der Waals surface area contributed by atoms with Crippen molar-refractivity contribution < 1.29 is 14.3 Å². The molecule has 4 rings (SSSR count). The van der Waals surface area contributed by atoms with Crippen LogP contribution in [-0.2, 0) is 16.0 Å².